The highest BCUT2D eigenvalue weighted by Crippen LogP contribution is 2.25. The number of aromatic nitrogens is 1. The molecule has 4 nitrogen and oxygen atoms in total. The Kier molecular flexibility index (Phi) is 4.81. The molecule has 22 heavy (non-hydrogen) atoms. The number of aliphatic hydroxyl groups excluding tert-OH is 1. The van der Waals surface area contributed by atoms with Crippen LogP contribution in [0.5, 0.6) is 0 Å². The van der Waals surface area contributed by atoms with Crippen molar-refractivity contribution in [2.45, 2.75) is 26.8 Å². The van der Waals surface area contributed by atoms with Crippen molar-refractivity contribution in [2.24, 2.45) is 0 Å². The first kappa shape index (κ1) is 15.5. The molecule has 4 heteroatoms. The lowest BCUT2D eigenvalue weighted by atomic mass is 10.0. The maximum Gasteiger partial charge on any atom is 0.0610 e. The van der Waals surface area contributed by atoms with Crippen LogP contribution in [0.15, 0.2) is 18.3 Å². The van der Waals surface area contributed by atoms with Crippen LogP contribution in [0.4, 0.5) is 0 Å². The Morgan fingerprint density at radius 2 is 1.82 bits per heavy atom. The summed E-state index contributed by atoms with van der Waals surface area (Å²) in [5.41, 5.74) is 5.33. The zero-order valence-corrected chi connectivity index (χ0v) is 13.7. The smallest absolute Gasteiger partial charge is 0.0610 e. The van der Waals surface area contributed by atoms with E-state index < -0.39 is 0 Å². The zero-order chi connectivity index (χ0) is 15.5. The van der Waals surface area contributed by atoms with Crippen LogP contribution in [0.25, 0.3) is 10.9 Å². The van der Waals surface area contributed by atoms with Gasteiger partial charge in [0, 0.05) is 56.4 Å². The summed E-state index contributed by atoms with van der Waals surface area (Å²) in [6, 6.07) is 4.57. The average molecular weight is 301 g/mol. The van der Waals surface area contributed by atoms with Crippen LogP contribution < -0.4 is 5.32 Å². The Hall–Kier alpha value is -1.36. The van der Waals surface area contributed by atoms with Crippen molar-refractivity contribution in [1.29, 1.82) is 0 Å². The zero-order valence-electron chi connectivity index (χ0n) is 13.7. The summed E-state index contributed by atoms with van der Waals surface area (Å²) in [7, 11) is 0. The number of nitrogens with one attached hydrogen (secondary N) is 1. The van der Waals surface area contributed by atoms with Crippen LogP contribution in [-0.4, -0.2) is 53.9 Å². The summed E-state index contributed by atoms with van der Waals surface area (Å²) in [6.45, 7) is 10.8. The molecule has 2 aromatic rings. The lowest BCUT2D eigenvalue weighted by molar-refractivity contribution is 0.244. The second-order valence-corrected chi connectivity index (χ2v) is 6.37. The van der Waals surface area contributed by atoms with Crippen LogP contribution in [0.1, 0.15) is 16.7 Å². The molecule has 0 atom stereocenters. The number of aryl methyl sites for hydroxylation is 2. The fourth-order valence-electron chi connectivity index (χ4n) is 3.33. The highest BCUT2D eigenvalue weighted by atomic mass is 16.3. The molecule has 1 saturated heterocycles. The number of piperazine rings is 1. The molecule has 2 heterocycles. The molecule has 0 saturated carbocycles. The molecule has 120 valence electrons. The van der Waals surface area contributed by atoms with Crippen molar-refractivity contribution >= 4 is 10.9 Å². The molecule has 0 amide bonds. The Morgan fingerprint density at radius 1 is 1.09 bits per heavy atom. The third kappa shape index (κ3) is 3.19. The first-order valence-corrected chi connectivity index (χ1v) is 8.32. The van der Waals surface area contributed by atoms with Gasteiger partial charge < -0.3 is 19.9 Å². The van der Waals surface area contributed by atoms with E-state index >= 15 is 0 Å². The number of fused-ring (bicyclic) bond motifs is 1. The van der Waals surface area contributed by atoms with Crippen LogP contribution in [-0.2, 0) is 13.0 Å². The summed E-state index contributed by atoms with van der Waals surface area (Å²) < 4.78 is 2.20. The number of benzene rings is 1. The minimum Gasteiger partial charge on any atom is -0.395 e. The Labute approximate surface area is 132 Å². The minimum atomic E-state index is 0.188. The van der Waals surface area contributed by atoms with Gasteiger partial charge in [-0.25, -0.2) is 0 Å². The third-order valence-electron chi connectivity index (χ3n) is 4.83. The highest BCUT2D eigenvalue weighted by molar-refractivity contribution is 5.85. The van der Waals surface area contributed by atoms with E-state index in [9.17, 15) is 5.11 Å². The van der Waals surface area contributed by atoms with Gasteiger partial charge in [0.15, 0.2) is 0 Å². The highest BCUT2D eigenvalue weighted by Gasteiger charge is 2.13. The molecule has 0 bridgehead atoms. The van der Waals surface area contributed by atoms with Crippen molar-refractivity contribution in [3.8, 4) is 0 Å². The van der Waals surface area contributed by atoms with Gasteiger partial charge >= 0.3 is 0 Å². The van der Waals surface area contributed by atoms with Gasteiger partial charge in [-0.15, -0.1) is 0 Å². The minimum absolute atomic E-state index is 0.188. The second kappa shape index (κ2) is 6.82. The van der Waals surface area contributed by atoms with Gasteiger partial charge in [-0.2, -0.15) is 0 Å². The summed E-state index contributed by atoms with van der Waals surface area (Å²) in [6.07, 6.45) is 3.32. The molecule has 0 spiro atoms. The maximum atomic E-state index is 9.31. The molecule has 2 N–H and O–H groups in total. The predicted molar refractivity (Wildman–Crippen MR) is 91.5 cm³/mol. The normalized spacial score (nSPS) is 16.5. The molecular formula is C18H27N3O. The van der Waals surface area contributed by atoms with Gasteiger partial charge in [0.25, 0.3) is 0 Å². The Morgan fingerprint density at radius 3 is 2.55 bits per heavy atom. The quantitative estimate of drug-likeness (QED) is 0.883. The molecule has 1 fully saturated rings. The predicted octanol–water partition coefficient (Wildman–Crippen LogP) is 1.70. The van der Waals surface area contributed by atoms with Gasteiger partial charge in [-0.05, 0) is 49.1 Å². The molecule has 1 aromatic carbocycles. The van der Waals surface area contributed by atoms with E-state index in [2.05, 4.69) is 47.0 Å². The first-order chi connectivity index (χ1) is 10.7. The number of nitrogens with zero attached hydrogens (tertiary/aromatic N) is 2. The van der Waals surface area contributed by atoms with Gasteiger partial charge in [0.1, 0.15) is 0 Å². The van der Waals surface area contributed by atoms with Crippen molar-refractivity contribution in [2.75, 3.05) is 39.3 Å². The van der Waals surface area contributed by atoms with E-state index in [1.54, 1.807) is 0 Å². The Bertz CT molecular complexity index is 641. The van der Waals surface area contributed by atoms with Crippen molar-refractivity contribution < 1.29 is 5.11 Å². The van der Waals surface area contributed by atoms with Crippen LogP contribution in [0.3, 0.4) is 0 Å². The number of hydrogen-bond donors (Lipinski definition) is 2. The molecule has 1 aliphatic rings. The topological polar surface area (TPSA) is 40.4 Å². The van der Waals surface area contributed by atoms with Gasteiger partial charge in [0.05, 0.1) is 6.61 Å². The maximum absolute atomic E-state index is 9.31. The van der Waals surface area contributed by atoms with Crippen molar-refractivity contribution in [3.63, 3.8) is 0 Å². The van der Waals surface area contributed by atoms with Crippen molar-refractivity contribution in [3.05, 3.63) is 35.0 Å². The largest absolute Gasteiger partial charge is 0.395 e. The molecule has 0 aliphatic carbocycles. The standard InChI is InChI=1S/C18H27N3O/c1-14-11-17-16(3-6-20-7-4-19-5-8-20)13-21(9-10-22)18(17)12-15(14)2/h11-13,19,22H,3-10H2,1-2H3. The molecular weight excluding hydrogens is 274 g/mol. The summed E-state index contributed by atoms with van der Waals surface area (Å²) in [5.74, 6) is 0. The second-order valence-electron chi connectivity index (χ2n) is 6.37. The monoisotopic (exact) mass is 301 g/mol. The van der Waals surface area contributed by atoms with Gasteiger partial charge in [-0.1, -0.05) is 0 Å². The van der Waals surface area contributed by atoms with Crippen molar-refractivity contribution in [1.82, 2.24) is 14.8 Å². The summed E-state index contributed by atoms with van der Waals surface area (Å²) >= 11 is 0. The lowest BCUT2D eigenvalue weighted by Crippen LogP contribution is -2.44. The van der Waals surface area contributed by atoms with Gasteiger partial charge in [-0.3, -0.25) is 0 Å². The fourth-order valence-corrected chi connectivity index (χ4v) is 3.33. The van der Waals surface area contributed by atoms with E-state index in [0.717, 1.165) is 39.1 Å². The summed E-state index contributed by atoms with van der Waals surface area (Å²) in [4.78, 5) is 2.53. The van der Waals surface area contributed by atoms with E-state index in [4.69, 9.17) is 0 Å². The lowest BCUT2D eigenvalue weighted by Gasteiger charge is -2.26. The summed E-state index contributed by atoms with van der Waals surface area (Å²) in [5, 5.41) is 14.1. The van der Waals surface area contributed by atoms with Crippen LogP contribution in [0, 0.1) is 13.8 Å². The number of rotatable bonds is 5. The van der Waals surface area contributed by atoms with Crippen LogP contribution in [0.2, 0.25) is 0 Å². The molecule has 1 aromatic heterocycles. The van der Waals surface area contributed by atoms with E-state index in [1.807, 2.05) is 0 Å². The Balaban J connectivity index is 1.85. The van der Waals surface area contributed by atoms with Gasteiger partial charge in [0.2, 0.25) is 0 Å². The van der Waals surface area contributed by atoms with E-state index in [1.165, 1.54) is 27.6 Å². The fraction of sp³-hybridized carbons (Fsp3) is 0.556. The molecule has 0 unspecified atom stereocenters. The molecule has 1 aliphatic heterocycles. The first-order valence-electron chi connectivity index (χ1n) is 8.32. The average Bonchev–Trinajstić information content (AvgIpc) is 2.85. The van der Waals surface area contributed by atoms with Crippen LogP contribution >= 0.6 is 0 Å². The van der Waals surface area contributed by atoms with E-state index in [0.29, 0.717) is 6.54 Å². The molecule has 3 rings (SSSR count). The molecule has 0 radical (unpaired) electrons. The third-order valence-corrected chi connectivity index (χ3v) is 4.83. The number of aliphatic hydroxyl groups is 1. The van der Waals surface area contributed by atoms with E-state index in [-0.39, 0.29) is 6.61 Å². The SMILES string of the molecule is Cc1cc2c(CCN3CCNCC3)cn(CCO)c2cc1C. The number of hydrogen-bond acceptors (Lipinski definition) is 3.